The molecule has 7 heteroatoms. The number of sulfone groups is 1. The van der Waals surface area contributed by atoms with Crippen LogP contribution in [0.3, 0.4) is 0 Å². The predicted octanol–water partition coefficient (Wildman–Crippen LogP) is 1.20. The largest absolute Gasteiger partial charge is 0.395 e. The first-order chi connectivity index (χ1) is 9.96. The molecule has 1 N–H and O–H groups in total. The minimum Gasteiger partial charge on any atom is -0.395 e. The molecule has 1 aliphatic rings. The van der Waals surface area contributed by atoms with Crippen LogP contribution >= 0.6 is 15.9 Å². The molecule has 1 aromatic rings. The van der Waals surface area contributed by atoms with E-state index in [0.29, 0.717) is 17.3 Å². The van der Waals surface area contributed by atoms with E-state index in [1.807, 2.05) is 12.1 Å². The van der Waals surface area contributed by atoms with E-state index in [1.54, 1.807) is 12.1 Å². The van der Waals surface area contributed by atoms with Gasteiger partial charge in [0.1, 0.15) is 0 Å². The van der Waals surface area contributed by atoms with Gasteiger partial charge in [-0.15, -0.1) is 0 Å². The highest BCUT2D eigenvalue weighted by Crippen LogP contribution is 2.20. The molecule has 0 aliphatic carbocycles. The van der Waals surface area contributed by atoms with E-state index in [4.69, 9.17) is 5.11 Å². The first kappa shape index (κ1) is 16.5. The van der Waals surface area contributed by atoms with Crippen molar-refractivity contribution in [3.63, 3.8) is 0 Å². The van der Waals surface area contributed by atoms with Gasteiger partial charge in [-0.2, -0.15) is 0 Å². The lowest BCUT2D eigenvalue weighted by Gasteiger charge is -2.27. The lowest BCUT2D eigenvalue weighted by Crippen LogP contribution is -2.42. The third-order valence-corrected chi connectivity index (χ3v) is 6.00. The highest BCUT2D eigenvalue weighted by Gasteiger charge is 2.34. The van der Waals surface area contributed by atoms with Crippen LogP contribution in [0.4, 0.5) is 0 Å². The molecule has 0 saturated carbocycles. The summed E-state index contributed by atoms with van der Waals surface area (Å²) >= 11 is 3.34. The van der Waals surface area contributed by atoms with Gasteiger partial charge in [0.25, 0.3) is 5.91 Å². The molecule has 2 rings (SSSR count). The number of hydrogen-bond acceptors (Lipinski definition) is 4. The van der Waals surface area contributed by atoms with E-state index in [-0.39, 0.29) is 36.6 Å². The molecule has 0 spiro atoms. The number of benzene rings is 1. The summed E-state index contributed by atoms with van der Waals surface area (Å²) in [4.78, 5) is 14.0. The Labute approximate surface area is 133 Å². The van der Waals surface area contributed by atoms with Gasteiger partial charge in [0.15, 0.2) is 9.84 Å². The first-order valence-electron chi connectivity index (χ1n) is 6.74. The number of hydrogen-bond donors (Lipinski definition) is 1. The minimum atomic E-state index is -3.07. The fourth-order valence-corrected chi connectivity index (χ4v) is 4.59. The van der Waals surface area contributed by atoms with Gasteiger partial charge in [0.2, 0.25) is 0 Å². The van der Waals surface area contributed by atoms with Gasteiger partial charge >= 0.3 is 0 Å². The van der Waals surface area contributed by atoms with Crippen molar-refractivity contribution in [3.05, 3.63) is 35.4 Å². The molecule has 1 aromatic carbocycles. The number of amides is 1. The van der Waals surface area contributed by atoms with Gasteiger partial charge in [-0.3, -0.25) is 4.79 Å². The lowest BCUT2D eigenvalue weighted by atomic mass is 10.1. The van der Waals surface area contributed by atoms with Crippen LogP contribution < -0.4 is 0 Å². The quantitative estimate of drug-likeness (QED) is 0.784. The fraction of sp³-hybridized carbons (Fsp3) is 0.500. The van der Waals surface area contributed by atoms with Crippen LogP contribution in [0.5, 0.6) is 0 Å². The average Bonchev–Trinajstić information content (AvgIpc) is 2.84. The highest BCUT2D eigenvalue weighted by molar-refractivity contribution is 9.08. The number of alkyl halides is 1. The van der Waals surface area contributed by atoms with Crippen molar-refractivity contribution in [2.75, 3.05) is 24.7 Å². The van der Waals surface area contributed by atoms with Crippen LogP contribution in [0.1, 0.15) is 22.3 Å². The van der Waals surface area contributed by atoms with E-state index in [1.165, 1.54) is 4.90 Å². The molecule has 1 amide bonds. The number of halogens is 1. The maximum absolute atomic E-state index is 12.5. The molecule has 0 bridgehead atoms. The molecule has 21 heavy (non-hydrogen) atoms. The van der Waals surface area contributed by atoms with Gasteiger partial charge in [-0.25, -0.2) is 8.42 Å². The standard InChI is InChI=1S/C14H18BrNO4S/c15-9-11-1-3-12(4-2-11)14(18)16(6-7-17)13-5-8-21(19,20)10-13/h1-4,13,17H,5-10H2. The summed E-state index contributed by atoms with van der Waals surface area (Å²) in [5.41, 5.74) is 1.57. The van der Waals surface area contributed by atoms with E-state index in [2.05, 4.69) is 15.9 Å². The average molecular weight is 376 g/mol. The molecule has 0 radical (unpaired) electrons. The Morgan fingerprint density at radius 1 is 1.33 bits per heavy atom. The Bertz CT molecular complexity index is 600. The minimum absolute atomic E-state index is 0.0157. The van der Waals surface area contributed by atoms with Crippen LogP contribution in [-0.2, 0) is 15.2 Å². The Balaban J connectivity index is 2.18. The van der Waals surface area contributed by atoms with Crippen molar-refractivity contribution >= 4 is 31.7 Å². The van der Waals surface area contributed by atoms with Gasteiger partial charge in [-0.1, -0.05) is 28.1 Å². The smallest absolute Gasteiger partial charge is 0.254 e. The van der Waals surface area contributed by atoms with Crippen molar-refractivity contribution < 1.29 is 18.3 Å². The van der Waals surface area contributed by atoms with Gasteiger partial charge in [-0.05, 0) is 24.1 Å². The van der Waals surface area contributed by atoms with E-state index >= 15 is 0 Å². The molecule has 1 atom stereocenters. The second-order valence-corrected chi connectivity index (χ2v) is 7.90. The van der Waals surface area contributed by atoms with Gasteiger partial charge < -0.3 is 10.0 Å². The Morgan fingerprint density at radius 2 is 2.00 bits per heavy atom. The Hall–Kier alpha value is -0.920. The van der Waals surface area contributed by atoms with Crippen LogP contribution in [0.15, 0.2) is 24.3 Å². The Kier molecular flexibility index (Phi) is 5.40. The number of carbonyl (C=O) groups is 1. The number of carbonyl (C=O) groups excluding carboxylic acids is 1. The number of rotatable bonds is 5. The maximum atomic E-state index is 12.5. The van der Waals surface area contributed by atoms with Crippen LogP contribution in [-0.4, -0.2) is 55.0 Å². The maximum Gasteiger partial charge on any atom is 0.254 e. The summed E-state index contributed by atoms with van der Waals surface area (Å²) in [5, 5.41) is 9.87. The first-order valence-corrected chi connectivity index (χ1v) is 9.68. The zero-order valence-electron chi connectivity index (χ0n) is 11.5. The third-order valence-electron chi connectivity index (χ3n) is 3.61. The lowest BCUT2D eigenvalue weighted by molar-refractivity contribution is 0.0655. The van der Waals surface area contributed by atoms with Crippen LogP contribution in [0.25, 0.3) is 0 Å². The van der Waals surface area contributed by atoms with Crippen molar-refractivity contribution in [2.45, 2.75) is 17.8 Å². The molecule has 1 saturated heterocycles. The fourth-order valence-electron chi connectivity index (χ4n) is 2.48. The number of aliphatic hydroxyl groups excluding tert-OH is 1. The third kappa shape index (κ3) is 4.05. The van der Waals surface area contributed by atoms with Gasteiger partial charge in [0, 0.05) is 23.5 Å². The molecule has 1 fully saturated rings. The molecule has 5 nitrogen and oxygen atoms in total. The van der Waals surface area contributed by atoms with Crippen molar-refractivity contribution in [1.82, 2.24) is 4.90 Å². The second-order valence-electron chi connectivity index (χ2n) is 5.11. The van der Waals surface area contributed by atoms with Crippen LogP contribution in [0, 0.1) is 0 Å². The van der Waals surface area contributed by atoms with Crippen molar-refractivity contribution in [3.8, 4) is 0 Å². The molecule has 1 heterocycles. The highest BCUT2D eigenvalue weighted by atomic mass is 79.9. The monoisotopic (exact) mass is 375 g/mol. The second kappa shape index (κ2) is 6.89. The van der Waals surface area contributed by atoms with E-state index in [9.17, 15) is 13.2 Å². The summed E-state index contributed by atoms with van der Waals surface area (Å²) < 4.78 is 23.2. The molecular weight excluding hydrogens is 358 g/mol. The summed E-state index contributed by atoms with van der Waals surface area (Å²) in [7, 11) is -3.07. The van der Waals surface area contributed by atoms with Gasteiger partial charge in [0.05, 0.1) is 18.1 Å². The van der Waals surface area contributed by atoms with E-state index < -0.39 is 9.84 Å². The van der Waals surface area contributed by atoms with Crippen molar-refractivity contribution in [2.24, 2.45) is 0 Å². The molecule has 1 aliphatic heterocycles. The summed E-state index contributed by atoms with van der Waals surface area (Å²) in [5.74, 6) is -0.138. The molecular formula is C14H18BrNO4S. The molecule has 1 unspecified atom stereocenters. The number of nitrogens with zero attached hydrogens (tertiary/aromatic N) is 1. The zero-order valence-corrected chi connectivity index (χ0v) is 13.9. The van der Waals surface area contributed by atoms with E-state index in [0.717, 1.165) is 5.56 Å². The summed E-state index contributed by atoms with van der Waals surface area (Å²) in [6.07, 6.45) is 0.438. The molecule has 0 aromatic heterocycles. The Morgan fingerprint density at radius 3 is 2.48 bits per heavy atom. The normalized spacial score (nSPS) is 20.4. The molecule has 116 valence electrons. The topological polar surface area (TPSA) is 74.7 Å². The predicted molar refractivity (Wildman–Crippen MR) is 84.3 cm³/mol. The van der Waals surface area contributed by atoms with Crippen molar-refractivity contribution in [1.29, 1.82) is 0 Å². The SMILES string of the molecule is O=C(c1ccc(CBr)cc1)N(CCO)C1CCS(=O)(=O)C1. The number of aliphatic hydroxyl groups is 1. The summed E-state index contributed by atoms with van der Waals surface area (Å²) in [6, 6.07) is 6.82. The zero-order chi connectivity index (χ0) is 15.5. The van der Waals surface area contributed by atoms with Crippen LogP contribution in [0.2, 0.25) is 0 Å². The summed E-state index contributed by atoms with van der Waals surface area (Å²) in [6.45, 7) is -0.0268.